The number of aryl methyl sites for hydroxylation is 1. The average molecular weight is 281 g/mol. The molecule has 0 atom stereocenters. The van der Waals surface area contributed by atoms with E-state index >= 15 is 0 Å². The Morgan fingerprint density at radius 1 is 1.26 bits per heavy atom. The van der Waals surface area contributed by atoms with Crippen LogP contribution < -0.4 is 10.5 Å². The topological polar surface area (TPSA) is 85.1 Å². The van der Waals surface area contributed by atoms with E-state index in [2.05, 4.69) is 9.71 Å². The predicted octanol–water partition coefficient (Wildman–Crippen LogP) is 1.91. The van der Waals surface area contributed by atoms with E-state index in [0.29, 0.717) is 0 Å². The molecule has 0 aliphatic rings. The molecule has 0 spiro atoms. The predicted molar refractivity (Wildman–Crippen MR) is 70.6 cm³/mol. The highest BCUT2D eigenvalue weighted by Crippen LogP contribution is 2.21. The number of hydrogen-bond acceptors (Lipinski definition) is 4. The van der Waals surface area contributed by atoms with E-state index in [1.165, 1.54) is 18.3 Å². The molecule has 0 unspecified atom stereocenters. The third kappa shape index (κ3) is 3.00. The lowest BCUT2D eigenvalue weighted by Gasteiger charge is -2.09. The molecule has 1 heterocycles. The number of nitrogens with zero attached hydrogens (tertiary/aromatic N) is 1. The molecule has 0 aliphatic heterocycles. The number of pyridine rings is 1. The first kappa shape index (κ1) is 13.3. The molecule has 0 saturated carbocycles. The fraction of sp³-hybridized carbons (Fsp3) is 0.0833. The van der Waals surface area contributed by atoms with Gasteiger partial charge in [0.25, 0.3) is 10.0 Å². The van der Waals surface area contributed by atoms with Crippen LogP contribution >= 0.6 is 0 Å². The zero-order valence-corrected chi connectivity index (χ0v) is 10.9. The lowest BCUT2D eigenvalue weighted by atomic mass is 10.3. The summed E-state index contributed by atoms with van der Waals surface area (Å²) in [5, 5.41) is 0. The van der Waals surface area contributed by atoms with E-state index in [0.717, 1.165) is 17.7 Å². The summed E-state index contributed by atoms with van der Waals surface area (Å²) in [4.78, 5) is 3.61. The largest absolute Gasteiger partial charge is 0.398 e. The Morgan fingerprint density at radius 2 is 2.00 bits per heavy atom. The first-order chi connectivity index (χ1) is 8.88. The number of benzene rings is 1. The van der Waals surface area contributed by atoms with Gasteiger partial charge in [-0.05, 0) is 36.8 Å². The number of rotatable bonds is 3. The Morgan fingerprint density at radius 3 is 2.63 bits per heavy atom. The second-order valence-electron chi connectivity index (χ2n) is 4.01. The van der Waals surface area contributed by atoms with Gasteiger partial charge in [0, 0.05) is 6.20 Å². The second-order valence-corrected chi connectivity index (χ2v) is 5.66. The number of anilines is 2. The summed E-state index contributed by atoms with van der Waals surface area (Å²) >= 11 is 0. The Labute approximate surface area is 110 Å². The highest BCUT2D eigenvalue weighted by Gasteiger charge is 2.18. The average Bonchev–Trinajstić information content (AvgIpc) is 2.35. The molecule has 0 bridgehead atoms. The molecule has 1 aromatic heterocycles. The molecule has 100 valence electrons. The normalized spacial score (nSPS) is 11.3. The molecule has 5 nitrogen and oxygen atoms in total. The maximum Gasteiger partial charge on any atom is 0.265 e. The van der Waals surface area contributed by atoms with Crippen molar-refractivity contribution in [2.24, 2.45) is 0 Å². The van der Waals surface area contributed by atoms with E-state index in [1.54, 1.807) is 6.07 Å². The van der Waals surface area contributed by atoms with E-state index < -0.39 is 15.8 Å². The number of nitrogens with one attached hydrogen (secondary N) is 1. The Bertz CT molecular complexity index is 699. The molecule has 0 saturated heterocycles. The van der Waals surface area contributed by atoms with Crippen molar-refractivity contribution in [3.8, 4) is 0 Å². The fourth-order valence-corrected chi connectivity index (χ4v) is 2.61. The zero-order chi connectivity index (χ0) is 14.0. The van der Waals surface area contributed by atoms with Crippen LogP contribution in [0.1, 0.15) is 5.56 Å². The van der Waals surface area contributed by atoms with Crippen molar-refractivity contribution in [2.75, 3.05) is 10.5 Å². The maximum atomic E-state index is 13.1. The zero-order valence-electron chi connectivity index (χ0n) is 10.1. The van der Waals surface area contributed by atoms with Crippen molar-refractivity contribution >= 4 is 21.5 Å². The fourth-order valence-electron chi connectivity index (χ4n) is 1.46. The Kier molecular flexibility index (Phi) is 3.39. The van der Waals surface area contributed by atoms with Crippen molar-refractivity contribution in [2.45, 2.75) is 11.8 Å². The quantitative estimate of drug-likeness (QED) is 0.842. The standard InChI is InChI=1S/C12H12FN3O2S/c1-8-2-5-12(15-7-8)16-19(17,18)11-6-9(13)3-4-10(11)14/h2-7H,14H2,1H3,(H,15,16). The maximum absolute atomic E-state index is 13.1. The van der Waals surface area contributed by atoms with Crippen molar-refractivity contribution in [3.63, 3.8) is 0 Å². The highest BCUT2D eigenvalue weighted by atomic mass is 32.2. The van der Waals surface area contributed by atoms with Crippen LogP contribution in [0.2, 0.25) is 0 Å². The van der Waals surface area contributed by atoms with Gasteiger partial charge in [-0.1, -0.05) is 6.07 Å². The van der Waals surface area contributed by atoms with Crippen molar-refractivity contribution in [1.82, 2.24) is 4.98 Å². The summed E-state index contributed by atoms with van der Waals surface area (Å²) < 4.78 is 39.5. The van der Waals surface area contributed by atoms with Crippen LogP contribution in [-0.4, -0.2) is 13.4 Å². The first-order valence-electron chi connectivity index (χ1n) is 5.39. The van der Waals surface area contributed by atoms with Gasteiger partial charge in [0.15, 0.2) is 0 Å². The molecule has 2 rings (SSSR count). The van der Waals surface area contributed by atoms with E-state index in [-0.39, 0.29) is 16.4 Å². The highest BCUT2D eigenvalue weighted by molar-refractivity contribution is 7.92. The molecule has 19 heavy (non-hydrogen) atoms. The van der Waals surface area contributed by atoms with Crippen LogP contribution in [0.15, 0.2) is 41.4 Å². The number of nitrogens with two attached hydrogens (primary N) is 1. The van der Waals surface area contributed by atoms with Crippen LogP contribution in [0.4, 0.5) is 15.9 Å². The number of aromatic nitrogens is 1. The van der Waals surface area contributed by atoms with Gasteiger partial charge in [0.1, 0.15) is 16.5 Å². The SMILES string of the molecule is Cc1ccc(NS(=O)(=O)c2cc(F)ccc2N)nc1. The van der Waals surface area contributed by atoms with Gasteiger partial charge in [0.05, 0.1) is 5.69 Å². The summed E-state index contributed by atoms with van der Waals surface area (Å²) in [6, 6.07) is 6.39. The monoisotopic (exact) mass is 281 g/mol. The second kappa shape index (κ2) is 4.85. The van der Waals surface area contributed by atoms with Crippen molar-refractivity contribution in [3.05, 3.63) is 47.9 Å². The van der Waals surface area contributed by atoms with Crippen LogP contribution in [0.5, 0.6) is 0 Å². The van der Waals surface area contributed by atoms with Gasteiger partial charge in [-0.3, -0.25) is 4.72 Å². The van der Waals surface area contributed by atoms with Crippen molar-refractivity contribution in [1.29, 1.82) is 0 Å². The number of nitrogen functional groups attached to an aromatic ring is 1. The number of halogens is 1. The third-order valence-electron chi connectivity index (χ3n) is 2.42. The van der Waals surface area contributed by atoms with Crippen LogP contribution in [-0.2, 0) is 10.0 Å². The van der Waals surface area contributed by atoms with E-state index in [1.807, 2.05) is 6.92 Å². The van der Waals surface area contributed by atoms with Gasteiger partial charge in [0.2, 0.25) is 0 Å². The number of hydrogen-bond donors (Lipinski definition) is 2. The molecule has 0 fully saturated rings. The van der Waals surface area contributed by atoms with Gasteiger partial charge >= 0.3 is 0 Å². The molecular weight excluding hydrogens is 269 g/mol. The van der Waals surface area contributed by atoms with E-state index in [9.17, 15) is 12.8 Å². The smallest absolute Gasteiger partial charge is 0.265 e. The minimum Gasteiger partial charge on any atom is -0.398 e. The molecule has 7 heteroatoms. The summed E-state index contributed by atoms with van der Waals surface area (Å²) in [6.07, 6.45) is 1.52. The minimum absolute atomic E-state index is 0.0268. The molecule has 2 aromatic rings. The van der Waals surface area contributed by atoms with Crippen LogP contribution in [0.25, 0.3) is 0 Å². The van der Waals surface area contributed by atoms with Gasteiger partial charge < -0.3 is 5.73 Å². The molecule has 3 N–H and O–H groups in total. The van der Waals surface area contributed by atoms with Gasteiger partial charge in [-0.25, -0.2) is 17.8 Å². The molecule has 1 aromatic carbocycles. The van der Waals surface area contributed by atoms with Crippen LogP contribution in [0, 0.1) is 12.7 Å². The summed E-state index contributed by atoms with van der Waals surface area (Å²) in [7, 11) is -3.96. The Hall–Kier alpha value is -2.15. The van der Waals surface area contributed by atoms with E-state index in [4.69, 9.17) is 5.73 Å². The molecule has 0 radical (unpaired) electrons. The van der Waals surface area contributed by atoms with Crippen molar-refractivity contribution < 1.29 is 12.8 Å². The summed E-state index contributed by atoms with van der Waals surface area (Å²) in [5.41, 5.74) is 6.42. The summed E-state index contributed by atoms with van der Waals surface area (Å²) in [5.74, 6) is -0.527. The molecular formula is C12H12FN3O2S. The third-order valence-corrected chi connectivity index (χ3v) is 3.83. The van der Waals surface area contributed by atoms with Gasteiger partial charge in [-0.15, -0.1) is 0 Å². The lowest BCUT2D eigenvalue weighted by Crippen LogP contribution is -2.15. The molecule has 0 aliphatic carbocycles. The van der Waals surface area contributed by atoms with Crippen LogP contribution in [0.3, 0.4) is 0 Å². The summed E-state index contributed by atoms with van der Waals surface area (Å²) in [6.45, 7) is 1.83. The van der Waals surface area contributed by atoms with Gasteiger partial charge in [-0.2, -0.15) is 0 Å². The minimum atomic E-state index is -3.96. The number of sulfonamides is 1. The molecule has 0 amide bonds. The Balaban J connectivity index is 2.37. The first-order valence-corrected chi connectivity index (χ1v) is 6.87. The lowest BCUT2D eigenvalue weighted by molar-refractivity contribution is 0.596.